The van der Waals surface area contributed by atoms with Crippen molar-refractivity contribution in [2.24, 2.45) is 0 Å². The molecule has 0 atom stereocenters. The summed E-state index contributed by atoms with van der Waals surface area (Å²) in [6, 6.07) is 4.62. The van der Waals surface area contributed by atoms with E-state index in [1.54, 1.807) is 13.2 Å². The molecule has 1 rings (SSSR count). The summed E-state index contributed by atoms with van der Waals surface area (Å²) in [6.45, 7) is 0.911. The van der Waals surface area contributed by atoms with Crippen molar-refractivity contribution in [2.45, 2.75) is 6.42 Å². The first kappa shape index (κ1) is 12.3. The van der Waals surface area contributed by atoms with Crippen molar-refractivity contribution in [3.8, 4) is 5.75 Å². The summed E-state index contributed by atoms with van der Waals surface area (Å²) in [5.41, 5.74) is 5.43. The molecule has 88 valence electrons. The summed E-state index contributed by atoms with van der Waals surface area (Å²) in [5, 5.41) is 10.8. The van der Waals surface area contributed by atoms with Crippen LogP contribution in [0.2, 0.25) is 0 Å². The Balaban J connectivity index is 2.71. The van der Waals surface area contributed by atoms with Crippen molar-refractivity contribution in [2.75, 3.05) is 26.1 Å². The van der Waals surface area contributed by atoms with Crippen LogP contribution in [0.15, 0.2) is 18.2 Å². The molecule has 0 saturated heterocycles. The largest absolute Gasteiger partial charge is 0.487 e. The standard InChI is InChI=1S/C10H14N2O4/c1-15-6-3-7-16-9-5-2-4-8(11)10(9)12(13)14/h2,4-5H,3,6-7,11H2,1H3. The molecule has 2 N–H and O–H groups in total. The van der Waals surface area contributed by atoms with Gasteiger partial charge in [-0.25, -0.2) is 0 Å². The van der Waals surface area contributed by atoms with Gasteiger partial charge in [0.25, 0.3) is 0 Å². The minimum atomic E-state index is -0.541. The van der Waals surface area contributed by atoms with Crippen molar-refractivity contribution in [3.05, 3.63) is 28.3 Å². The van der Waals surface area contributed by atoms with Crippen molar-refractivity contribution < 1.29 is 14.4 Å². The molecule has 0 bridgehead atoms. The quantitative estimate of drug-likeness (QED) is 0.344. The monoisotopic (exact) mass is 226 g/mol. The number of nitrogen functional groups attached to an aromatic ring is 1. The first-order valence-corrected chi connectivity index (χ1v) is 4.81. The molecule has 0 aliphatic rings. The van der Waals surface area contributed by atoms with E-state index in [1.165, 1.54) is 12.1 Å². The van der Waals surface area contributed by atoms with Crippen LogP contribution in [0.3, 0.4) is 0 Å². The molecule has 0 unspecified atom stereocenters. The highest BCUT2D eigenvalue weighted by Crippen LogP contribution is 2.32. The van der Waals surface area contributed by atoms with Crippen LogP contribution in [-0.2, 0) is 4.74 Å². The SMILES string of the molecule is COCCCOc1cccc(N)c1[N+](=O)[O-]. The maximum Gasteiger partial charge on any atom is 0.333 e. The molecule has 0 aromatic heterocycles. The van der Waals surface area contributed by atoms with Crippen LogP contribution >= 0.6 is 0 Å². The van der Waals surface area contributed by atoms with Crippen molar-refractivity contribution in [3.63, 3.8) is 0 Å². The minimum Gasteiger partial charge on any atom is -0.487 e. The van der Waals surface area contributed by atoms with Crippen LogP contribution in [0.1, 0.15) is 6.42 Å². The Morgan fingerprint density at radius 2 is 2.19 bits per heavy atom. The van der Waals surface area contributed by atoms with Crippen LogP contribution < -0.4 is 10.5 Å². The molecule has 1 aromatic rings. The Bertz CT molecular complexity index is 368. The third kappa shape index (κ3) is 3.09. The van der Waals surface area contributed by atoms with Crippen molar-refractivity contribution >= 4 is 11.4 Å². The van der Waals surface area contributed by atoms with Crippen LogP contribution in [0, 0.1) is 10.1 Å². The lowest BCUT2D eigenvalue weighted by molar-refractivity contribution is -0.384. The van der Waals surface area contributed by atoms with Gasteiger partial charge in [-0.3, -0.25) is 10.1 Å². The number of nitrogens with zero attached hydrogens (tertiary/aromatic N) is 1. The Morgan fingerprint density at radius 3 is 2.81 bits per heavy atom. The number of benzene rings is 1. The zero-order chi connectivity index (χ0) is 12.0. The molecular weight excluding hydrogens is 212 g/mol. The van der Waals surface area contributed by atoms with Crippen molar-refractivity contribution in [1.29, 1.82) is 0 Å². The topological polar surface area (TPSA) is 87.6 Å². The van der Waals surface area contributed by atoms with Gasteiger partial charge in [-0.05, 0) is 12.1 Å². The number of para-hydroxylation sites is 1. The van der Waals surface area contributed by atoms with Gasteiger partial charge in [-0.1, -0.05) is 6.07 Å². The number of hydrogen-bond acceptors (Lipinski definition) is 5. The highest BCUT2D eigenvalue weighted by molar-refractivity contribution is 5.65. The second-order valence-electron chi connectivity index (χ2n) is 3.15. The van der Waals surface area contributed by atoms with E-state index in [4.69, 9.17) is 15.2 Å². The lowest BCUT2D eigenvalue weighted by Crippen LogP contribution is -2.04. The van der Waals surface area contributed by atoms with Gasteiger partial charge in [0, 0.05) is 20.1 Å². The second kappa shape index (κ2) is 5.92. The summed E-state index contributed by atoms with van der Waals surface area (Å²) in [6.07, 6.45) is 0.669. The molecule has 0 fully saturated rings. The third-order valence-electron chi connectivity index (χ3n) is 1.96. The van der Waals surface area contributed by atoms with Gasteiger partial charge in [0.15, 0.2) is 5.75 Å². The number of rotatable bonds is 6. The first-order chi connectivity index (χ1) is 7.66. The van der Waals surface area contributed by atoms with Crippen LogP contribution in [0.5, 0.6) is 5.75 Å². The molecule has 0 aliphatic carbocycles. The molecule has 16 heavy (non-hydrogen) atoms. The van der Waals surface area contributed by atoms with E-state index in [0.717, 1.165) is 0 Å². The molecular formula is C10H14N2O4. The third-order valence-corrected chi connectivity index (χ3v) is 1.96. The van der Waals surface area contributed by atoms with E-state index in [-0.39, 0.29) is 17.1 Å². The molecule has 0 spiro atoms. The Labute approximate surface area is 93.1 Å². The van der Waals surface area contributed by atoms with E-state index < -0.39 is 4.92 Å². The molecule has 6 heteroatoms. The van der Waals surface area contributed by atoms with Crippen molar-refractivity contribution in [1.82, 2.24) is 0 Å². The summed E-state index contributed by atoms with van der Waals surface area (Å²) in [5.74, 6) is 0.195. The Hall–Kier alpha value is -1.82. The van der Waals surface area contributed by atoms with Crippen LogP contribution in [0.4, 0.5) is 11.4 Å². The Kier molecular flexibility index (Phi) is 4.53. The highest BCUT2D eigenvalue weighted by Gasteiger charge is 2.18. The predicted octanol–water partition coefficient (Wildman–Crippen LogP) is 1.59. The Morgan fingerprint density at radius 1 is 1.44 bits per heavy atom. The summed E-state index contributed by atoms with van der Waals surface area (Å²) in [7, 11) is 1.59. The van der Waals surface area contributed by atoms with Crippen LogP contribution in [0.25, 0.3) is 0 Å². The number of nitro groups is 1. The predicted molar refractivity (Wildman–Crippen MR) is 59.5 cm³/mol. The van der Waals surface area contributed by atoms with Gasteiger partial charge < -0.3 is 15.2 Å². The zero-order valence-electron chi connectivity index (χ0n) is 9.01. The lowest BCUT2D eigenvalue weighted by atomic mass is 10.2. The van der Waals surface area contributed by atoms with E-state index in [9.17, 15) is 10.1 Å². The molecule has 1 aromatic carbocycles. The highest BCUT2D eigenvalue weighted by atomic mass is 16.6. The fraction of sp³-hybridized carbons (Fsp3) is 0.400. The summed E-state index contributed by atoms with van der Waals surface area (Å²) >= 11 is 0. The lowest BCUT2D eigenvalue weighted by Gasteiger charge is -2.07. The number of hydrogen-bond donors (Lipinski definition) is 1. The van der Waals surface area contributed by atoms with Gasteiger partial charge >= 0.3 is 5.69 Å². The fourth-order valence-corrected chi connectivity index (χ4v) is 1.24. The maximum atomic E-state index is 10.8. The van der Waals surface area contributed by atoms with E-state index in [0.29, 0.717) is 19.6 Å². The molecule has 6 nitrogen and oxygen atoms in total. The number of ether oxygens (including phenoxy) is 2. The molecule has 0 radical (unpaired) electrons. The van der Waals surface area contributed by atoms with Gasteiger partial charge in [-0.2, -0.15) is 0 Å². The molecule has 0 aliphatic heterocycles. The maximum absolute atomic E-state index is 10.8. The number of anilines is 1. The fourth-order valence-electron chi connectivity index (χ4n) is 1.24. The number of nitrogens with two attached hydrogens (primary N) is 1. The van der Waals surface area contributed by atoms with Gasteiger partial charge in [0.2, 0.25) is 0 Å². The number of methoxy groups -OCH3 is 1. The second-order valence-corrected chi connectivity index (χ2v) is 3.15. The minimum absolute atomic E-state index is 0.106. The van der Waals surface area contributed by atoms with Crippen LogP contribution in [-0.4, -0.2) is 25.2 Å². The van der Waals surface area contributed by atoms with Gasteiger partial charge in [0.05, 0.1) is 11.5 Å². The van der Waals surface area contributed by atoms with Gasteiger partial charge in [0.1, 0.15) is 5.69 Å². The molecule has 0 heterocycles. The summed E-state index contributed by atoms with van der Waals surface area (Å²) < 4.78 is 10.1. The molecule has 0 saturated carbocycles. The zero-order valence-corrected chi connectivity index (χ0v) is 9.01. The molecule has 0 amide bonds. The van der Waals surface area contributed by atoms with Gasteiger partial charge in [-0.15, -0.1) is 0 Å². The smallest absolute Gasteiger partial charge is 0.333 e. The van der Waals surface area contributed by atoms with E-state index in [1.807, 2.05) is 0 Å². The first-order valence-electron chi connectivity index (χ1n) is 4.81. The summed E-state index contributed by atoms with van der Waals surface area (Å²) in [4.78, 5) is 10.2. The average Bonchev–Trinajstić information content (AvgIpc) is 2.24. The van der Waals surface area contributed by atoms with E-state index >= 15 is 0 Å². The normalized spacial score (nSPS) is 10.1. The van der Waals surface area contributed by atoms with E-state index in [2.05, 4.69) is 0 Å². The average molecular weight is 226 g/mol. The number of nitro benzene ring substituents is 1.